The molecule has 1 aliphatic rings. The number of ether oxygens (including phenoxy) is 1. The summed E-state index contributed by atoms with van der Waals surface area (Å²) in [5, 5.41) is 14.1. The lowest BCUT2D eigenvalue weighted by atomic mass is 10.2. The summed E-state index contributed by atoms with van der Waals surface area (Å²) in [6.45, 7) is 0.791. The molecule has 0 radical (unpaired) electrons. The number of benzene rings is 1. The minimum absolute atomic E-state index is 0.0374. The van der Waals surface area contributed by atoms with Crippen molar-refractivity contribution in [1.29, 1.82) is 0 Å². The van der Waals surface area contributed by atoms with Gasteiger partial charge in [-0.15, -0.1) is 12.6 Å². The van der Waals surface area contributed by atoms with E-state index in [4.69, 9.17) is 16.3 Å². The van der Waals surface area contributed by atoms with Crippen LogP contribution in [0.25, 0.3) is 0 Å². The summed E-state index contributed by atoms with van der Waals surface area (Å²) in [5.41, 5.74) is 0.231. The van der Waals surface area contributed by atoms with E-state index in [9.17, 15) is 14.5 Å². The van der Waals surface area contributed by atoms with Gasteiger partial charge in [-0.3, -0.25) is 10.1 Å². The van der Waals surface area contributed by atoms with Crippen molar-refractivity contribution < 1.29 is 14.1 Å². The Kier molecular flexibility index (Phi) is 5.26. The van der Waals surface area contributed by atoms with Crippen molar-refractivity contribution in [1.82, 2.24) is 4.98 Å². The first-order valence-corrected chi connectivity index (χ1v) is 8.23. The van der Waals surface area contributed by atoms with E-state index < -0.39 is 16.7 Å². The van der Waals surface area contributed by atoms with Crippen LogP contribution in [0.5, 0.6) is 0 Å². The van der Waals surface area contributed by atoms with E-state index in [2.05, 4.69) is 22.9 Å². The fourth-order valence-electron chi connectivity index (χ4n) is 2.44. The Hall–Kier alpha value is -2.10. The summed E-state index contributed by atoms with van der Waals surface area (Å²) in [4.78, 5) is 16.0. The van der Waals surface area contributed by atoms with Crippen LogP contribution in [0.15, 0.2) is 36.4 Å². The van der Waals surface area contributed by atoms with Gasteiger partial charge in [-0.25, -0.2) is 9.37 Å². The first kappa shape index (κ1) is 17.7. The van der Waals surface area contributed by atoms with Gasteiger partial charge in [-0.05, 0) is 30.3 Å². The lowest BCUT2D eigenvalue weighted by molar-refractivity contribution is -0.384. The molecule has 0 saturated carbocycles. The second-order valence-corrected chi connectivity index (χ2v) is 6.15. The van der Waals surface area contributed by atoms with Gasteiger partial charge in [0.05, 0.1) is 11.5 Å². The smallest absolute Gasteiger partial charge is 0.311 e. The van der Waals surface area contributed by atoms with E-state index >= 15 is 0 Å². The Morgan fingerprint density at radius 3 is 2.76 bits per heavy atom. The average Bonchev–Trinajstić information content (AvgIpc) is 2.58. The third kappa shape index (κ3) is 3.94. The van der Waals surface area contributed by atoms with Gasteiger partial charge in [0.1, 0.15) is 10.6 Å². The zero-order valence-corrected chi connectivity index (χ0v) is 14.5. The summed E-state index contributed by atoms with van der Waals surface area (Å²) >= 11 is 9.86. The van der Waals surface area contributed by atoms with Crippen LogP contribution in [0.2, 0.25) is 5.15 Å². The van der Waals surface area contributed by atoms with Crippen molar-refractivity contribution in [2.75, 3.05) is 23.4 Å². The predicted octanol–water partition coefficient (Wildman–Crippen LogP) is 3.77. The number of alkyl halides is 1. The minimum Gasteiger partial charge on any atom is -0.361 e. The third-order valence-electron chi connectivity index (χ3n) is 3.65. The molecule has 0 amide bonds. The highest BCUT2D eigenvalue weighted by atomic mass is 35.5. The number of pyridine rings is 1. The molecule has 0 spiro atoms. The van der Waals surface area contributed by atoms with Crippen LogP contribution in [0.4, 0.5) is 27.3 Å². The SMILES string of the molecule is O=[N+]([O-])c1ccc(Cl)nc1Nc1ccc(N2CCOC(S)C2F)cc1. The number of nitro groups is 1. The summed E-state index contributed by atoms with van der Waals surface area (Å²) in [7, 11) is 0. The molecule has 10 heteroatoms. The van der Waals surface area contributed by atoms with Crippen LogP contribution in [-0.4, -0.2) is 34.8 Å². The molecule has 0 aliphatic carbocycles. The highest BCUT2D eigenvalue weighted by Crippen LogP contribution is 2.30. The summed E-state index contributed by atoms with van der Waals surface area (Å²) in [6, 6.07) is 9.39. The molecule has 1 aliphatic heterocycles. The second kappa shape index (κ2) is 7.42. The summed E-state index contributed by atoms with van der Waals surface area (Å²) < 4.78 is 19.3. The van der Waals surface area contributed by atoms with E-state index in [0.717, 1.165) is 0 Å². The summed E-state index contributed by atoms with van der Waals surface area (Å²) in [5.74, 6) is 0.0374. The standard InChI is InChI=1S/C15H14ClFN4O3S/c16-12-6-5-11(21(22)23)14(19-12)18-9-1-3-10(4-2-9)20-7-8-24-15(25)13(20)17/h1-6,13,15,25H,7-8H2,(H,18,19). The number of hydrogen-bond acceptors (Lipinski definition) is 7. The molecule has 1 aromatic carbocycles. The normalized spacial score (nSPS) is 20.4. The van der Waals surface area contributed by atoms with Gasteiger partial charge < -0.3 is 15.0 Å². The van der Waals surface area contributed by atoms with Crippen molar-refractivity contribution in [2.45, 2.75) is 11.7 Å². The van der Waals surface area contributed by atoms with Gasteiger partial charge >= 0.3 is 5.69 Å². The van der Waals surface area contributed by atoms with Crippen LogP contribution in [0.3, 0.4) is 0 Å². The van der Waals surface area contributed by atoms with Crippen molar-refractivity contribution in [2.24, 2.45) is 0 Å². The Balaban J connectivity index is 1.80. The molecular formula is C15H14ClFN4O3S. The van der Waals surface area contributed by atoms with Crippen LogP contribution < -0.4 is 10.2 Å². The fourth-order valence-corrected chi connectivity index (χ4v) is 2.85. The molecule has 0 bridgehead atoms. The molecule has 7 nitrogen and oxygen atoms in total. The van der Waals surface area contributed by atoms with Gasteiger partial charge in [0.2, 0.25) is 12.1 Å². The van der Waals surface area contributed by atoms with E-state index in [1.165, 1.54) is 12.1 Å². The lowest BCUT2D eigenvalue weighted by Crippen LogP contribution is -2.46. The Morgan fingerprint density at radius 1 is 1.36 bits per heavy atom. The first-order valence-electron chi connectivity index (χ1n) is 7.34. The van der Waals surface area contributed by atoms with Gasteiger partial charge in [0.15, 0.2) is 0 Å². The minimum atomic E-state index is -1.36. The number of rotatable bonds is 4. The maximum Gasteiger partial charge on any atom is 0.311 e. The molecule has 2 aromatic rings. The first-order chi connectivity index (χ1) is 12.0. The molecule has 2 atom stereocenters. The molecule has 1 fully saturated rings. The Morgan fingerprint density at radius 2 is 2.08 bits per heavy atom. The monoisotopic (exact) mass is 384 g/mol. The topological polar surface area (TPSA) is 80.5 Å². The van der Waals surface area contributed by atoms with Crippen LogP contribution >= 0.6 is 24.2 Å². The van der Waals surface area contributed by atoms with Crippen molar-refractivity contribution in [3.05, 3.63) is 51.7 Å². The zero-order chi connectivity index (χ0) is 18.0. The van der Waals surface area contributed by atoms with Crippen LogP contribution in [-0.2, 0) is 4.74 Å². The number of hydrogen-bond donors (Lipinski definition) is 2. The number of nitrogens with zero attached hydrogens (tertiary/aromatic N) is 3. The Bertz CT molecular complexity index is 780. The van der Waals surface area contributed by atoms with E-state index in [0.29, 0.717) is 24.5 Å². The molecule has 2 unspecified atom stereocenters. The number of nitrogens with one attached hydrogen (secondary N) is 1. The molecule has 3 rings (SSSR count). The van der Waals surface area contributed by atoms with Crippen molar-refractivity contribution >= 4 is 47.1 Å². The molecule has 1 saturated heterocycles. The Labute approximate surface area is 153 Å². The fraction of sp³-hybridized carbons (Fsp3) is 0.267. The molecule has 132 valence electrons. The lowest BCUT2D eigenvalue weighted by Gasteiger charge is -2.35. The second-order valence-electron chi connectivity index (χ2n) is 5.26. The maximum absolute atomic E-state index is 14.2. The predicted molar refractivity (Wildman–Crippen MR) is 96.6 cm³/mol. The molecule has 25 heavy (non-hydrogen) atoms. The van der Waals surface area contributed by atoms with Crippen LogP contribution in [0, 0.1) is 10.1 Å². The van der Waals surface area contributed by atoms with Gasteiger partial charge in [0.25, 0.3) is 0 Å². The molecule has 1 aromatic heterocycles. The van der Waals surface area contributed by atoms with Crippen LogP contribution in [0.1, 0.15) is 0 Å². The third-order valence-corrected chi connectivity index (χ3v) is 4.26. The van der Waals surface area contributed by atoms with E-state index in [1.807, 2.05) is 0 Å². The highest BCUT2D eigenvalue weighted by molar-refractivity contribution is 7.80. The maximum atomic E-state index is 14.2. The zero-order valence-electron chi connectivity index (χ0n) is 12.8. The number of thiol groups is 1. The number of halogens is 2. The number of anilines is 3. The van der Waals surface area contributed by atoms with E-state index in [-0.39, 0.29) is 16.7 Å². The number of morpholine rings is 1. The average molecular weight is 385 g/mol. The number of aromatic nitrogens is 1. The van der Waals surface area contributed by atoms with E-state index in [1.54, 1.807) is 29.2 Å². The van der Waals surface area contributed by atoms with Gasteiger partial charge in [0, 0.05) is 24.0 Å². The molecular weight excluding hydrogens is 371 g/mol. The molecule has 2 heterocycles. The largest absolute Gasteiger partial charge is 0.361 e. The van der Waals surface area contributed by atoms with Gasteiger partial charge in [-0.2, -0.15) is 0 Å². The molecule has 1 N–H and O–H groups in total. The quantitative estimate of drug-likeness (QED) is 0.274. The summed E-state index contributed by atoms with van der Waals surface area (Å²) in [6.07, 6.45) is -1.36. The van der Waals surface area contributed by atoms with Crippen molar-refractivity contribution in [3.8, 4) is 0 Å². The van der Waals surface area contributed by atoms with Gasteiger partial charge in [-0.1, -0.05) is 11.6 Å². The highest BCUT2D eigenvalue weighted by Gasteiger charge is 2.30. The van der Waals surface area contributed by atoms with Crippen molar-refractivity contribution in [3.63, 3.8) is 0 Å².